The van der Waals surface area contributed by atoms with E-state index in [1.165, 1.54) is 12.1 Å². The lowest BCUT2D eigenvalue weighted by molar-refractivity contribution is 0.594. The predicted octanol–water partition coefficient (Wildman–Crippen LogP) is 1.48. The van der Waals surface area contributed by atoms with Crippen molar-refractivity contribution in [1.29, 1.82) is 0 Å². The van der Waals surface area contributed by atoms with Crippen molar-refractivity contribution >= 4 is 34.4 Å². The molecule has 1 rings (SSSR count). The first kappa shape index (κ1) is 9.85. The summed E-state index contributed by atoms with van der Waals surface area (Å²) in [5.41, 5.74) is 0. The van der Waals surface area contributed by atoms with Gasteiger partial charge in [0.1, 0.15) is 0 Å². The van der Waals surface area contributed by atoms with Gasteiger partial charge in [0.15, 0.2) is 4.90 Å². The minimum absolute atomic E-state index is 0.0262. The lowest BCUT2D eigenvalue weighted by atomic mass is 10.4. The Hall–Kier alpha value is -0.230. The summed E-state index contributed by atoms with van der Waals surface area (Å²) in [6.07, 6.45) is 0. The number of hydrogen-bond acceptors (Lipinski definition) is 3. The molecule has 0 N–H and O–H groups in total. The Labute approximate surface area is 81.3 Å². The van der Waals surface area contributed by atoms with Gasteiger partial charge in [-0.2, -0.15) is 8.42 Å². The average molecular weight is 223 g/mol. The molecule has 0 aliphatic rings. The number of nitrogens with zero attached hydrogens (tertiary/aromatic N) is 1. The van der Waals surface area contributed by atoms with E-state index in [-0.39, 0.29) is 9.92 Å². The molecule has 1 aromatic rings. The van der Waals surface area contributed by atoms with Crippen molar-refractivity contribution in [1.82, 2.24) is 4.13 Å². The molecule has 0 aliphatic heterocycles. The highest BCUT2D eigenvalue weighted by Gasteiger charge is 2.28. The van der Waals surface area contributed by atoms with Gasteiger partial charge in [0.25, 0.3) is 4.13 Å². The van der Waals surface area contributed by atoms with Crippen LogP contribution in [0.15, 0.2) is 29.2 Å². The predicted molar refractivity (Wildman–Crippen MR) is 49.8 cm³/mol. The molecule has 0 aliphatic carbocycles. The summed E-state index contributed by atoms with van der Waals surface area (Å²) in [5, 5.41) is 0.148. The topological polar surface area (TPSA) is 48.2 Å². The first-order valence-electron chi connectivity index (χ1n) is 2.94. The normalized spacial score (nSPS) is 11.5. The van der Waals surface area contributed by atoms with E-state index in [4.69, 9.17) is 11.6 Å². The van der Waals surface area contributed by atoms with Crippen LogP contribution >= 0.6 is 24.4 Å². The zero-order valence-corrected chi connectivity index (χ0v) is 8.27. The number of thiol groups is 1. The van der Waals surface area contributed by atoms with E-state index in [1.807, 2.05) is 0 Å². The minimum Gasteiger partial charge on any atom is -0.156 e. The van der Waals surface area contributed by atoms with Crippen molar-refractivity contribution in [2.75, 3.05) is 0 Å². The summed E-state index contributed by atoms with van der Waals surface area (Å²) >= 11 is 8.95. The Morgan fingerprint density at radius 3 is 2.42 bits per heavy atom. The van der Waals surface area contributed by atoms with Gasteiger partial charge in [-0.05, 0) is 12.1 Å². The van der Waals surface area contributed by atoms with Crippen LogP contribution in [0.25, 0.3) is 0 Å². The minimum atomic E-state index is -3.67. The van der Waals surface area contributed by atoms with Gasteiger partial charge in [-0.1, -0.05) is 23.7 Å². The second kappa shape index (κ2) is 3.66. The van der Waals surface area contributed by atoms with Crippen LogP contribution in [0.4, 0.5) is 0 Å². The molecule has 0 unspecified atom stereocenters. The third-order valence-corrected chi connectivity index (χ3v) is 3.44. The fourth-order valence-corrected chi connectivity index (χ4v) is 2.04. The SMILES string of the molecule is O=S(=O)([N+]S)c1ccccc1Cl. The van der Waals surface area contributed by atoms with Crippen molar-refractivity contribution in [2.24, 2.45) is 0 Å². The molecule has 0 fully saturated rings. The molecule has 0 saturated carbocycles. The fraction of sp³-hybridized carbons (Fsp3) is 0. The highest BCUT2D eigenvalue weighted by Crippen LogP contribution is 2.20. The van der Waals surface area contributed by atoms with Gasteiger partial charge in [-0.15, -0.1) is 0 Å². The third kappa shape index (κ3) is 1.92. The zero-order chi connectivity index (χ0) is 9.19. The molecule has 64 valence electrons. The van der Waals surface area contributed by atoms with Crippen molar-refractivity contribution in [2.45, 2.75) is 4.90 Å². The summed E-state index contributed by atoms with van der Waals surface area (Å²) in [6.45, 7) is 0. The molecule has 1 aromatic carbocycles. The molecule has 0 saturated heterocycles. The summed E-state index contributed by atoms with van der Waals surface area (Å²) in [7, 11) is -3.67. The zero-order valence-electron chi connectivity index (χ0n) is 5.81. The van der Waals surface area contributed by atoms with Crippen molar-refractivity contribution in [3.05, 3.63) is 29.3 Å². The monoisotopic (exact) mass is 222 g/mol. The Balaban J connectivity index is 3.30. The summed E-state index contributed by atoms with van der Waals surface area (Å²) in [6, 6.07) is 6.06. The quantitative estimate of drug-likeness (QED) is 0.771. The van der Waals surface area contributed by atoms with Crippen LogP contribution < -0.4 is 4.13 Å². The van der Waals surface area contributed by atoms with Gasteiger partial charge < -0.3 is 0 Å². The van der Waals surface area contributed by atoms with E-state index in [1.54, 1.807) is 12.1 Å². The van der Waals surface area contributed by atoms with Crippen molar-refractivity contribution in [3.63, 3.8) is 0 Å². The van der Waals surface area contributed by atoms with Crippen LogP contribution in [-0.2, 0) is 10.0 Å². The number of rotatable bonds is 2. The molecule has 0 aromatic heterocycles. The Kier molecular flexibility index (Phi) is 3.00. The van der Waals surface area contributed by atoms with E-state index in [0.29, 0.717) is 0 Å². The molecule has 6 heteroatoms. The maximum atomic E-state index is 11.1. The highest BCUT2D eigenvalue weighted by atomic mass is 35.5. The van der Waals surface area contributed by atoms with Crippen LogP contribution in [0, 0.1) is 0 Å². The molecule has 0 atom stereocenters. The Morgan fingerprint density at radius 2 is 1.92 bits per heavy atom. The molecule has 2 radical (unpaired) electrons. The molecule has 0 bridgehead atoms. The molecule has 0 heterocycles. The Bertz CT molecular complexity index is 377. The molecule has 0 spiro atoms. The lowest BCUT2D eigenvalue weighted by Crippen LogP contribution is -2.07. The fourth-order valence-electron chi connectivity index (χ4n) is 0.698. The van der Waals surface area contributed by atoms with Crippen molar-refractivity contribution in [3.8, 4) is 0 Å². The van der Waals surface area contributed by atoms with E-state index in [9.17, 15) is 8.42 Å². The van der Waals surface area contributed by atoms with Crippen LogP contribution in [0.1, 0.15) is 0 Å². The third-order valence-electron chi connectivity index (χ3n) is 1.22. The Morgan fingerprint density at radius 1 is 1.33 bits per heavy atom. The van der Waals surface area contributed by atoms with Gasteiger partial charge in [0.05, 0.1) is 5.02 Å². The number of hydrogen-bond donors (Lipinski definition) is 1. The van der Waals surface area contributed by atoms with Gasteiger partial charge in [0.2, 0.25) is 12.8 Å². The molecule has 3 nitrogen and oxygen atoms in total. The smallest absolute Gasteiger partial charge is 0.156 e. The summed E-state index contributed by atoms with van der Waals surface area (Å²) in [4.78, 5) is -0.0262. The van der Waals surface area contributed by atoms with E-state index in [0.717, 1.165) is 0 Å². The second-order valence-corrected chi connectivity index (χ2v) is 4.44. The molecule has 12 heavy (non-hydrogen) atoms. The molecular weight excluding hydrogens is 218 g/mol. The number of halogens is 1. The maximum Gasteiger partial charge on any atom is 0.444 e. The van der Waals surface area contributed by atoms with E-state index < -0.39 is 10.0 Å². The standard InChI is InChI=1S/C6H5ClNO2S2/c7-5-3-1-2-4-6(5)12(9,10)8-11/h1-4,11H/q+1. The van der Waals surface area contributed by atoms with Gasteiger partial charge in [0, 0.05) is 0 Å². The van der Waals surface area contributed by atoms with Crippen LogP contribution in [0.3, 0.4) is 0 Å². The number of benzene rings is 1. The first-order valence-corrected chi connectivity index (χ1v) is 5.15. The van der Waals surface area contributed by atoms with Gasteiger partial charge in [-0.25, -0.2) is 0 Å². The lowest BCUT2D eigenvalue weighted by Gasteiger charge is -1.92. The maximum absolute atomic E-state index is 11.1. The van der Waals surface area contributed by atoms with E-state index >= 15 is 0 Å². The largest absolute Gasteiger partial charge is 0.444 e. The first-order chi connectivity index (χ1) is 5.58. The highest BCUT2D eigenvalue weighted by molar-refractivity contribution is 8.00. The van der Waals surface area contributed by atoms with Crippen LogP contribution in [-0.4, -0.2) is 8.42 Å². The van der Waals surface area contributed by atoms with Gasteiger partial charge >= 0.3 is 10.0 Å². The van der Waals surface area contributed by atoms with Gasteiger partial charge in [-0.3, -0.25) is 0 Å². The molecule has 0 amide bonds. The summed E-state index contributed by atoms with van der Waals surface area (Å²) in [5.74, 6) is 0. The van der Waals surface area contributed by atoms with Crippen molar-refractivity contribution < 1.29 is 8.42 Å². The summed E-state index contributed by atoms with van der Waals surface area (Å²) < 4.78 is 25.1. The molecular formula is C6H5ClNO2S2+. The van der Waals surface area contributed by atoms with E-state index in [2.05, 4.69) is 16.9 Å². The second-order valence-electron chi connectivity index (χ2n) is 1.99. The van der Waals surface area contributed by atoms with Crippen LogP contribution in [0.2, 0.25) is 5.02 Å². The van der Waals surface area contributed by atoms with Crippen LogP contribution in [0.5, 0.6) is 0 Å². The number of sulfonamides is 1. The average Bonchev–Trinajstić information content (AvgIpc) is 2.05.